The zero-order valence-corrected chi connectivity index (χ0v) is 16.0. The molecular formula is C20H32N4O2. The molecular weight excluding hydrogens is 328 g/mol. The van der Waals surface area contributed by atoms with Crippen LogP contribution in [0, 0.1) is 0 Å². The number of guanidine groups is 1. The summed E-state index contributed by atoms with van der Waals surface area (Å²) in [6, 6.07) is 11.0. The maximum absolute atomic E-state index is 11.1. The van der Waals surface area contributed by atoms with Crippen molar-refractivity contribution in [1.82, 2.24) is 15.5 Å². The van der Waals surface area contributed by atoms with Crippen LogP contribution in [-0.4, -0.2) is 57.2 Å². The van der Waals surface area contributed by atoms with Gasteiger partial charge >= 0.3 is 5.97 Å². The molecule has 144 valence electrons. The highest BCUT2D eigenvalue weighted by atomic mass is 16.5. The highest BCUT2D eigenvalue weighted by Gasteiger charge is 2.23. The Morgan fingerprint density at radius 3 is 2.58 bits per heavy atom. The summed E-state index contributed by atoms with van der Waals surface area (Å²) in [5.41, 5.74) is 1.34. The molecule has 6 heteroatoms. The fourth-order valence-corrected chi connectivity index (χ4v) is 3.30. The molecule has 26 heavy (non-hydrogen) atoms. The molecule has 1 aromatic carbocycles. The normalized spacial score (nSPS) is 16.3. The Balaban J connectivity index is 1.79. The molecule has 1 saturated heterocycles. The van der Waals surface area contributed by atoms with Crippen molar-refractivity contribution in [3.05, 3.63) is 35.9 Å². The van der Waals surface area contributed by atoms with E-state index in [4.69, 9.17) is 0 Å². The minimum Gasteiger partial charge on any atom is -0.469 e. The average Bonchev–Trinajstić information content (AvgIpc) is 3.21. The zero-order chi connectivity index (χ0) is 18.6. The second kappa shape index (κ2) is 11.5. The first-order chi connectivity index (χ1) is 12.7. The second-order valence-electron chi connectivity index (χ2n) is 6.58. The molecule has 0 saturated carbocycles. The van der Waals surface area contributed by atoms with Crippen LogP contribution in [0.2, 0.25) is 0 Å². The quantitative estimate of drug-likeness (QED) is 0.306. The molecule has 0 bridgehead atoms. The summed E-state index contributed by atoms with van der Waals surface area (Å²) in [7, 11) is 3.22. The first kappa shape index (κ1) is 20.2. The van der Waals surface area contributed by atoms with E-state index in [2.05, 4.69) is 55.6 Å². The summed E-state index contributed by atoms with van der Waals surface area (Å²) in [4.78, 5) is 18.0. The first-order valence-electron chi connectivity index (χ1n) is 9.55. The molecule has 1 unspecified atom stereocenters. The number of unbranched alkanes of at least 4 members (excludes halogenated alkanes) is 1. The second-order valence-corrected chi connectivity index (χ2v) is 6.58. The molecule has 1 aliphatic heterocycles. The standard InChI is InChI=1S/C20H32N4O2/c1-21-20(22-13-7-6-12-19(25)26-2)23-16-18(24-14-8-9-15-24)17-10-4-3-5-11-17/h3-5,10-11,18H,6-9,12-16H2,1-2H3,(H2,21,22,23). The molecule has 0 amide bonds. The number of nitrogens with zero attached hydrogens (tertiary/aromatic N) is 2. The lowest BCUT2D eigenvalue weighted by Crippen LogP contribution is -2.43. The smallest absolute Gasteiger partial charge is 0.305 e. The number of rotatable bonds is 9. The lowest BCUT2D eigenvalue weighted by Gasteiger charge is -2.29. The van der Waals surface area contributed by atoms with Crippen LogP contribution in [0.3, 0.4) is 0 Å². The summed E-state index contributed by atoms with van der Waals surface area (Å²) in [6.07, 6.45) is 4.74. The molecule has 1 fully saturated rings. The van der Waals surface area contributed by atoms with Gasteiger partial charge in [-0.25, -0.2) is 0 Å². The minimum atomic E-state index is -0.149. The molecule has 1 atom stereocenters. The molecule has 0 aromatic heterocycles. The SMILES string of the molecule is CN=C(NCCCCC(=O)OC)NCC(c1ccccc1)N1CCCC1. The number of hydrogen-bond acceptors (Lipinski definition) is 4. The first-order valence-corrected chi connectivity index (χ1v) is 9.55. The van der Waals surface area contributed by atoms with Gasteiger partial charge in [0.15, 0.2) is 5.96 Å². The van der Waals surface area contributed by atoms with E-state index < -0.39 is 0 Å². The molecule has 6 nitrogen and oxygen atoms in total. The summed E-state index contributed by atoms with van der Waals surface area (Å²) >= 11 is 0. The Labute approximate surface area is 157 Å². The number of aliphatic imine (C=N–C) groups is 1. The van der Waals surface area contributed by atoms with Crippen molar-refractivity contribution in [1.29, 1.82) is 0 Å². The molecule has 1 heterocycles. The van der Waals surface area contributed by atoms with Gasteiger partial charge in [0, 0.05) is 26.6 Å². The molecule has 2 N–H and O–H groups in total. The lowest BCUT2D eigenvalue weighted by molar-refractivity contribution is -0.140. The van der Waals surface area contributed by atoms with Crippen molar-refractivity contribution in [3.63, 3.8) is 0 Å². The van der Waals surface area contributed by atoms with E-state index in [1.807, 2.05) is 0 Å². The van der Waals surface area contributed by atoms with Crippen molar-refractivity contribution in [2.24, 2.45) is 4.99 Å². The number of hydrogen-bond donors (Lipinski definition) is 2. The van der Waals surface area contributed by atoms with E-state index in [0.717, 1.165) is 45.0 Å². The maximum atomic E-state index is 11.1. The Bertz CT molecular complexity index is 556. The van der Waals surface area contributed by atoms with Gasteiger partial charge in [-0.1, -0.05) is 30.3 Å². The van der Waals surface area contributed by atoms with Gasteiger partial charge < -0.3 is 15.4 Å². The molecule has 0 spiro atoms. The predicted octanol–water partition coefficient (Wildman–Crippen LogP) is 2.33. The lowest BCUT2D eigenvalue weighted by atomic mass is 10.1. The minimum absolute atomic E-state index is 0.149. The van der Waals surface area contributed by atoms with Gasteiger partial charge in [0.2, 0.25) is 0 Å². The summed E-state index contributed by atoms with van der Waals surface area (Å²) in [5, 5.41) is 6.79. The maximum Gasteiger partial charge on any atom is 0.305 e. The summed E-state index contributed by atoms with van der Waals surface area (Å²) in [5.74, 6) is 0.659. The van der Waals surface area contributed by atoms with Gasteiger partial charge in [0.1, 0.15) is 0 Å². The summed E-state index contributed by atoms with van der Waals surface area (Å²) in [6.45, 7) is 3.92. The number of benzene rings is 1. The van der Waals surface area contributed by atoms with Gasteiger partial charge in [-0.2, -0.15) is 0 Å². The van der Waals surface area contributed by atoms with E-state index in [1.165, 1.54) is 25.5 Å². The van der Waals surface area contributed by atoms with E-state index in [0.29, 0.717) is 12.5 Å². The Hall–Kier alpha value is -2.08. The van der Waals surface area contributed by atoms with Gasteiger partial charge in [-0.05, 0) is 44.3 Å². The fourth-order valence-electron chi connectivity index (χ4n) is 3.30. The number of nitrogens with one attached hydrogen (secondary N) is 2. The topological polar surface area (TPSA) is 66.0 Å². The van der Waals surface area contributed by atoms with E-state index in [9.17, 15) is 4.79 Å². The molecule has 0 radical (unpaired) electrons. The number of carbonyl (C=O) groups is 1. The zero-order valence-electron chi connectivity index (χ0n) is 16.0. The number of esters is 1. The van der Waals surface area contributed by atoms with Crippen molar-refractivity contribution in [3.8, 4) is 0 Å². The number of methoxy groups -OCH3 is 1. The van der Waals surface area contributed by atoms with Crippen molar-refractivity contribution >= 4 is 11.9 Å². The van der Waals surface area contributed by atoms with Gasteiger partial charge in [-0.3, -0.25) is 14.7 Å². The van der Waals surface area contributed by atoms with Crippen LogP contribution < -0.4 is 10.6 Å². The predicted molar refractivity (Wildman–Crippen MR) is 105 cm³/mol. The monoisotopic (exact) mass is 360 g/mol. The number of likely N-dealkylation sites (tertiary alicyclic amines) is 1. The van der Waals surface area contributed by atoms with Gasteiger partial charge in [-0.15, -0.1) is 0 Å². The van der Waals surface area contributed by atoms with Crippen LogP contribution >= 0.6 is 0 Å². The third-order valence-electron chi connectivity index (χ3n) is 4.78. The van der Waals surface area contributed by atoms with Crippen molar-refractivity contribution < 1.29 is 9.53 Å². The Morgan fingerprint density at radius 1 is 1.19 bits per heavy atom. The van der Waals surface area contributed by atoms with Gasteiger partial charge in [0.25, 0.3) is 0 Å². The van der Waals surface area contributed by atoms with Crippen LogP contribution in [0.5, 0.6) is 0 Å². The van der Waals surface area contributed by atoms with Crippen LogP contribution in [0.25, 0.3) is 0 Å². The third kappa shape index (κ3) is 6.67. The van der Waals surface area contributed by atoms with Crippen LogP contribution in [0.15, 0.2) is 35.3 Å². The Kier molecular flexibility index (Phi) is 8.96. The molecule has 1 aromatic rings. The highest BCUT2D eigenvalue weighted by Crippen LogP contribution is 2.24. The third-order valence-corrected chi connectivity index (χ3v) is 4.78. The fraction of sp³-hybridized carbons (Fsp3) is 0.600. The molecule has 2 rings (SSSR count). The van der Waals surface area contributed by atoms with Crippen molar-refractivity contribution in [2.45, 2.75) is 38.1 Å². The number of ether oxygens (including phenoxy) is 1. The largest absolute Gasteiger partial charge is 0.469 e. The van der Waals surface area contributed by atoms with Crippen LogP contribution in [-0.2, 0) is 9.53 Å². The Morgan fingerprint density at radius 2 is 1.92 bits per heavy atom. The van der Waals surface area contributed by atoms with E-state index >= 15 is 0 Å². The van der Waals surface area contributed by atoms with Crippen molar-refractivity contribution in [2.75, 3.05) is 40.3 Å². The van der Waals surface area contributed by atoms with Crippen LogP contribution in [0.1, 0.15) is 43.7 Å². The van der Waals surface area contributed by atoms with Crippen LogP contribution in [0.4, 0.5) is 0 Å². The number of carbonyl (C=O) groups excluding carboxylic acids is 1. The highest BCUT2D eigenvalue weighted by molar-refractivity contribution is 5.79. The average molecular weight is 361 g/mol. The van der Waals surface area contributed by atoms with E-state index in [1.54, 1.807) is 7.05 Å². The van der Waals surface area contributed by atoms with Gasteiger partial charge in [0.05, 0.1) is 13.2 Å². The molecule has 1 aliphatic rings. The van der Waals surface area contributed by atoms with E-state index in [-0.39, 0.29) is 5.97 Å². The summed E-state index contributed by atoms with van der Waals surface area (Å²) < 4.78 is 4.65. The molecule has 0 aliphatic carbocycles.